The topological polar surface area (TPSA) is 25.2 Å². The Morgan fingerprint density at radius 2 is 2.05 bits per heavy atom. The van der Waals surface area contributed by atoms with Crippen LogP contribution in [-0.4, -0.2) is 6.54 Å². The van der Waals surface area contributed by atoms with Crippen molar-refractivity contribution in [1.82, 2.24) is 5.32 Å². The van der Waals surface area contributed by atoms with E-state index in [1.54, 1.807) is 12.1 Å². The fourth-order valence-corrected chi connectivity index (χ4v) is 2.29. The van der Waals surface area contributed by atoms with Crippen LogP contribution in [0.3, 0.4) is 0 Å². The van der Waals surface area contributed by atoms with Gasteiger partial charge in [0.15, 0.2) is 0 Å². The Labute approximate surface area is 123 Å². The van der Waals surface area contributed by atoms with Gasteiger partial charge in [-0.3, -0.25) is 0 Å². The zero-order valence-electron chi connectivity index (χ0n) is 11.7. The molecular formula is C16H19ClFNO. The molecule has 1 unspecified atom stereocenters. The van der Waals surface area contributed by atoms with Gasteiger partial charge in [-0.25, -0.2) is 4.39 Å². The van der Waals surface area contributed by atoms with Crippen LogP contribution < -0.4 is 5.32 Å². The van der Waals surface area contributed by atoms with Crippen molar-refractivity contribution >= 4 is 11.6 Å². The molecule has 1 aromatic heterocycles. The second kappa shape index (κ2) is 6.91. The Morgan fingerprint density at radius 3 is 2.65 bits per heavy atom. The van der Waals surface area contributed by atoms with Gasteiger partial charge in [0.2, 0.25) is 0 Å². The number of nitrogens with one attached hydrogen (secondary N) is 1. The molecule has 0 aliphatic carbocycles. The molecule has 0 bridgehead atoms. The van der Waals surface area contributed by atoms with E-state index in [0.29, 0.717) is 0 Å². The Kier molecular flexibility index (Phi) is 5.21. The first kappa shape index (κ1) is 15.1. The number of rotatable bonds is 6. The summed E-state index contributed by atoms with van der Waals surface area (Å²) in [5, 5.41) is 3.54. The molecule has 0 aliphatic rings. The van der Waals surface area contributed by atoms with Crippen LogP contribution in [0.15, 0.2) is 34.7 Å². The largest absolute Gasteiger partial charge is 0.464 e. The fraction of sp³-hybridized carbons (Fsp3) is 0.375. The molecule has 0 amide bonds. The maximum atomic E-state index is 13.3. The summed E-state index contributed by atoms with van der Waals surface area (Å²) < 4.78 is 19.1. The number of hydrogen-bond donors (Lipinski definition) is 1. The van der Waals surface area contributed by atoms with Crippen LogP contribution >= 0.6 is 11.6 Å². The third kappa shape index (κ3) is 3.41. The zero-order chi connectivity index (χ0) is 14.5. The first-order valence-corrected chi connectivity index (χ1v) is 7.30. The van der Waals surface area contributed by atoms with Crippen molar-refractivity contribution in [2.24, 2.45) is 0 Å². The summed E-state index contributed by atoms with van der Waals surface area (Å²) in [6.07, 6.45) is 1.86. The highest BCUT2D eigenvalue weighted by molar-refractivity contribution is 6.30. The Balaban J connectivity index is 2.32. The van der Waals surface area contributed by atoms with Crippen LogP contribution in [0.25, 0.3) is 0 Å². The van der Waals surface area contributed by atoms with Crippen molar-refractivity contribution in [3.05, 3.63) is 58.3 Å². The summed E-state index contributed by atoms with van der Waals surface area (Å²) in [5.41, 5.74) is 0.904. The number of aryl methyl sites for hydroxylation is 1. The lowest BCUT2D eigenvalue weighted by atomic mass is 10.0. The van der Waals surface area contributed by atoms with E-state index < -0.39 is 5.82 Å². The van der Waals surface area contributed by atoms with Crippen molar-refractivity contribution in [3.8, 4) is 0 Å². The highest BCUT2D eigenvalue weighted by Crippen LogP contribution is 2.27. The molecule has 108 valence electrons. The normalized spacial score (nSPS) is 12.6. The smallest absolute Gasteiger partial charge is 0.141 e. The van der Waals surface area contributed by atoms with Crippen LogP contribution in [0.4, 0.5) is 4.39 Å². The molecule has 1 N–H and O–H groups in total. The summed E-state index contributed by atoms with van der Waals surface area (Å²) in [4.78, 5) is 0. The van der Waals surface area contributed by atoms with E-state index in [1.165, 1.54) is 6.07 Å². The van der Waals surface area contributed by atoms with Crippen molar-refractivity contribution < 1.29 is 8.81 Å². The van der Waals surface area contributed by atoms with E-state index in [1.807, 2.05) is 19.1 Å². The van der Waals surface area contributed by atoms with Crippen LogP contribution in [0.1, 0.15) is 43.4 Å². The average molecular weight is 296 g/mol. The summed E-state index contributed by atoms with van der Waals surface area (Å²) in [5.74, 6) is 1.37. The molecule has 0 radical (unpaired) electrons. The second-order valence-electron chi connectivity index (χ2n) is 4.72. The molecule has 2 rings (SSSR count). The van der Waals surface area contributed by atoms with Gasteiger partial charge >= 0.3 is 0 Å². The van der Waals surface area contributed by atoms with E-state index in [2.05, 4.69) is 12.2 Å². The average Bonchev–Trinajstić information content (AvgIpc) is 2.92. The molecule has 0 aliphatic heterocycles. The van der Waals surface area contributed by atoms with Gasteiger partial charge in [-0.1, -0.05) is 31.5 Å². The zero-order valence-corrected chi connectivity index (χ0v) is 12.5. The van der Waals surface area contributed by atoms with Crippen molar-refractivity contribution in [1.29, 1.82) is 0 Å². The third-order valence-corrected chi connectivity index (χ3v) is 3.48. The molecule has 0 saturated carbocycles. The minimum absolute atomic E-state index is 0.103. The minimum atomic E-state index is -0.404. The Bertz CT molecular complexity index is 567. The molecule has 2 aromatic rings. The Hall–Kier alpha value is -1.32. The fourth-order valence-electron chi connectivity index (χ4n) is 2.10. The van der Waals surface area contributed by atoms with Crippen LogP contribution in [-0.2, 0) is 6.42 Å². The quantitative estimate of drug-likeness (QED) is 0.834. The van der Waals surface area contributed by atoms with E-state index >= 15 is 0 Å². The van der Waals surface area contributed by atoms with Gasteiger partial charge in [-0.2, -0.15) is 0 Å². The molecule has 0 saturated heterocycles. The minimum Gasteiger partial charge on any atom is -0.464 e. The number of benzene rings is 1. The van der Waals surface area contributed by atoms with Gasteiger partial charge in [-0.05, 0) is 42.8 Å². The van der Waals surface area contributed by atoms with Crippen molar-refractivity contribution in [2.45, 2.75) is 32.7 Å². The van der Waals surface area contributed by atoms with Gasteiger partial charge in [0, 0.05) is 6.42 Å². The summed E-state index contributed by atoms with van der Waals surface area (Å²) >= 11 is 5.88. The first-order valence-electron chi connectivity index (χ1n) is 6.92. The molecule has 1 heterocycles. The first-order chi connectivity index (χ1) is 9.65. The van der Waals surface area contributed by atoms with Crippen LogP contribution in [0.5, 0.6) is 0 Å². The van der Waals surface area contributed by atoms with Gasteiger partial charge in [0.25, 0.3) is 0 Å². The molecule has 20 heavy (non-hydrogen) atoms. The van der Waals surface area contributed by atoms with Crippen molar-refractivity contribution in [3.63, 3.8) is 0 Å². The summed E-state index contributed by atoms with van der Waals surface area (Å²) in [7, 11) is 0. The highest BCUT2D eigenvalue weighted by Gasteiger charge is 2.18. The molecular weight excluding hydrogens is 277 g/mol. The summed E-state index contributed by atoms with van der Waals surface area (Å²) in [6.45, 7) is 5.00. The van der Waals surface area contributed by atoms with Gasteiger partial charge < -0.3 is 9.73 Å². The lowest BCUT2D eigenvalue weighted by molar-refractivity contribution is 0.421. The lowest BCUT2D eigenvalue weighted by Crippen LogP contribution is -2.22. The highest BCUT2D eigenvalue weighted by atomic mass is 35.5. The second-order valence-corrected chi connectivity index (χ2v) is 5.13. The van der Waals surface area contributed by atoms with Crippen LogP contribution in [0, 0.1) is 5.82 Å². The standard InChI is InChI=1S/C16H19ClFNO/c1-3-9-19-16(15-8-6-12(4-2)20-15)11-5-7-14(18)13(17)10-11/h5-8,10,16,19H,3-4,9H2,1-2H3. The maximum Gasteiger partial charge on any atom is 0.141 e. The third-order valence-electron chi connectivity index (χ3n) is 3.19. The van der Waals surface area contributed by atoms with Crippen LogP contribution in [0.2, 0.25) is 5.02 Å². The predicted molar refractivity (Wildman–Crippen MR) is 79.6 cm³/mol. The van der Waals surface area contributed by atoms with Crippen molar-refractivity contribution in [2.75, 3.05) is 6.54 Å². The monoisotopic (exact) mass is 295 g/mol. The van der Waals surface area contributed by atoms with E-state index in [0.717, 1.165) is 36.5 Å². The van der Waals surface area contributed by atoms with E-state index in [-0.39, 0.29) is 11.1 Å². The lowest BCUT2D eigenvalue weighted by Gasteiger charge is -2.17. The van der Waals surface area contributed by atoms with Gasteiger partial charge in [0.05, 0.1) is 11.1 Å². The van der Waals surface area contributed by atoms with Gasteiger partial charge in [0.1, 0.15) is 17.3 Å². The summed E-state index contributed by atoms with van der Waals surface area (Å²) in [6, 6.07) is 8.61. The number of halogens is 2. The molecule has 1 aromatic carbocycles. The maximum absolute atomic E-state index is 13.3. The molecule has 0 fully saturated rings. The Morgan fingerprint density at radius 1 is 1.25 bits per heavy atom. The van der Waals surface area contributed by atoms with E-state index in [9.17, 15) is 4.39 Å². The molecule has 0 spiro atoms. The predicted octanol–water partition coefficient (Wildman–Crippen LogP) is 4.72. The molecule has 1 atom stereocenters. The van der Waals surface area contributed by atoms with E-state index in [4.69, 9.17) is 16.0 Å². The number of hydrogen-bond acceptors (Lipinski definition) is 2. The number of furan rings is 1. The van der Waals surface area contributed by atoms with Gasteiger partial charge in [-0.15, -0.1) is 0 Å². The molecule has 4 heteroatoms. The molecule has 2 nitrogen and oxygen atoms in total. The SMILES string of the molecule is CCCNC(c1ccc(F)c(Cl)c1)c1ccc(CC)o1.